The largest absolute Gasteiger partial charge is 0.383 e. The van der Waals surface area contributed by atoms with Gasteiger partial charge in [0.05, 0.1) is 10.7 Å². The Morgan fingerprint density at radius 3 is 2.96 bits per heavy atom. The Labute approximate surface area is 154 Å². The van der Waals surface area contributed by atoms with Crippen molar-refractivity contribution in [2.75, 3.05) is 29.7 Å². The fraction of sp³-hybridized carbons (Fsp3) is 0.400. The molecule has 3 rings (SSSR count). The SMILES string of the molecule is O=S(=O)(Nc1nccs1)c1cc(Cl)c(NC[C@@H]2CCCNC2)cc1F. The summed E-state index contributed by atoms with van der Waals surface area (Å²) in [5, 5.41) is 8.36. The molecule has 0 aliphatic carbocycles. The van der Waals surface area contributed by atoms with Crippen molar-refractivity contribution in [3.63, 3.8) is 0 Å². The van der Waals surface area contributed by atoms with E-state index in [0.29, 0.717) is 18.2 Å². The van der Waals surface area contributed by atoms with Gasteiger partial charge in [-0.15, -0.1) is 11.3 Å². The molecule has 0 radical (unpaired) electrons. The molecule has 1 atom stereocenters. The molecule has 10 heteroatoms. The molecule has 2 aromatic rings. The Morgan fingerprint density at radius 2 is 2.28 bits per heavy atom. The summed E-state index contributed by atoms with van der Waals surface area (Å²) in [6, 6.07) is 2.24. The molecule has 2 heterocycles. The lowest BCUT2D eigenvalue weighted by Crippen LogP contribution is -2.33. The van der Waals surface area contributed by atoms with Gasteiger partial charge in [0, 0.05) is 18.1 Å². The van der Waals surface area contributed by atoms with Gasteiger partial charge < -0.3 is 10.6 Å². The van der Waals surface area contributed by atoms with Crippen molar-refractivity contribution in [1.29, 1.82) is 0 Å². The van der Waals surface area contributed by atoms with Gasteiger partial charge in [-0.25, -0.2) is 17.8 Å². The lowest BCUT2D eigenvalue weighted by molar-refractivity contribution is 0.393. The summed E-state index contributed by atoms with van der Waals surface area (Å²) in [4.78, 5) is 3.33. The summed E-state index contributed by atoms with van der Waals surface area (Å²) in [5.74, 6) is -0.430. The minimum absolute atomic E-state index is 0.157. The summed E-state index contributed by atoms with van der Waals surface area (Å²) in [5.41, 5.74) is 0.387. The first-order valence-electron chi connectivity index (χ1n) is 7.81. The van der Waals surface area contributed by atoms with Gasteiger partial charge >= 0.3 is 0 Å². The molecule has 25 heavy (non-hydrogen) atoms. The van der Waals surface area contributed by atoms with Crippen molar-refractivity contribution in [1.82, 2.24) is 10.3 Å². The smallest absolute Gasteiger partial charge is 0.266 e. The number of nitrogens with zero attached hydrogens (tertiary/aromatic N) is 1. The van der Waals surface area contributed by atoms with Gasteiger partial charge in [0.2, 0.25) is 0 Å². The highest BCUT2D eigenvalue weighted by Crippen LogP contribution is 2.30. The maximum absolute atomic E-state index is 14.4. The Morgan fingerprint density at radius 1 is 1.44 bits per heavy atom. The number of benzene rings is 1. The van der Waals surface area contributed by atoms with Crippen LogP contribution >= 0.6 is 22.9 Å². The topological polar surface area (TPSA) is 83.1 Å². The van der Waals surface area contributed by atoms with Crippen LogP contribution in [0.4, 0.5) is 15.2 Å². The van der Waals surface area contributed by atoms with E-state index in [2.05, 4.69) is 20.3 Å². The lowest BCUT2D eigenvalue weighted by atomic mass is 10.00. The average molecular weight is 405 g/mol. The average Bonchev–Trinajstić information content (AvgIpc) is 3.08. The molecular formula is C15H18ClFN4O2S2. The second kappa shape index (κ2) is 7.86. The predicted molar refractivity (Wildman–Crippen MR) is 98.4 cm³/mol. The van der Waals surface area contributed by atoms with E-state index >= 15 is 0 Å². The number of sulfonamides is 1. The summed E-state index contributed by atoms with van der Waals surface area (Å²) in [7, 11) is -4.09. The molecule has 0 spiro atoms. The molecule has 1 aromatic carbocycles. The fourth-order valence-corrected chi connectivity index (χ4v) is 4.84. The normalized spacial score (nSPS) is 18.1. The van der Waals surface area contributed by atoms with Crippen molar-refractivity contribution in [3.05, 3.63) is 34.5 Å². The molecule has 1 aromatic heterocycles. The van der Waals surface area contributed by atoms with E-state index in [1.54, 1.807) is 5.38 Å². The van der Waals surface area contributed by atoms with Crippen LogP contribution in [0.1, 0.15) is 12.8 Å². The maximum Gasteiger partial charge on any atom is 0.266 e. The Kier molecular flexibility index (Phi) is 5.78. The molecule has 1 saturated heterocycles. The molecular weight excluding hydrogens is 387 g/mol. The van der Waals surface area contributed by atoms with Crippen molar-refractivity contribution >= 4 is 43.8 Å². The van der Waals surface area contributed by atoms with E-state index in [9.17, 15) is 12.8 Å². The lowest BCUT2D eigenvalue weighted by Gasteiger charge is -2.23. The van der Waals surface area contributed by atoms with Gasteiger partial charge in [0.15, 0.2) is 5.13 Å². The number of thiazole rings is 1. The van der Waals surface area contributed by atoms with Crippen molar-refractivity contribution < 1.29 is 12.8 Å². The molecule has 1 aliphatic rings. The number of anilines is 2. The van der Waals surface area contributed by atoms with Crippen LogP contribution in [0.5, 0.6) is 0 Å². The van der Waals surface area contributed by atoms with Crippen molar-refractivity contribution in [2.24, 2.45) is 5.92 Å². The van der Waals surface area contributed by atoms with Crippen LogP contribution < -0.4 is 15.4 Å². The zero-order valence-electron chi connectivity index (χ0n) is 13.3. The second-order valence-electron chi connectivity index (χ2n) is 5.80. The van der Waals surface area contributed by atoms with E-state index in [0.717, 1.165) is 49.4 Å². The summed E-state index contributed by atoms with van der Waals surface area (Å²) in [6.45, 7) is 2.57. The first-order valence-corrected chi connectivity index (χ1v) is 10.6. The number of hydrogen-bond donors (Lipinski definition) is 3. The first-order chi connectivity index (χ1) is 12.0. The Balaban J connectivity index is 1.75. The molecule has 1 aliphatic heterocycles. The fourth-order valence-electron chi connectivity index (χ4n) is 2.67. The summed E-state index contributed by atoms with van der Waals surface area (Å²) < 4.78 is 41.2. The minimum Gasteiger partial charge on any atom is -0.383 e. The zero-order chi connectivity index (χ0) is 17.9. The number of nitrogens with one attached hydrogen (secondary N) is 3. The number of hydrogen-bond acceptors (Lipinski definition) is 6. The highest BCUT2D eigenvalue weighted by atomic mass is 35.5. The van der Waals surface area contributed by atoms with Crippen LogP contribution in [-0.2, 0) is 10.0 Å². The minimum atomic E-state index is -4.09. The first kappa shape index (κ1) is 18.4. The monoisotopic (exact) mass is 404 g/mol. The van der Waals surface area contributed by atoms with Crippen LogP contribution in [0.25, 0.3) is 0 Å². The number of rotatable bonds is 6. The van der Waals surface area contributed by atoms with E-state index in [4.69, 9.17) is 11.6 Å². The van der Waals surface area contributed by atoms with Crippen LogP contribution in [0, 0.1) is 11.7 Å². The number of aromatic nitrogens is 1. The number of halogens is 2. The van der Waals surface area contributed by atoms with Crippen molar-refractivity contribution in [2.45, 2.75) is 17.7 Å². The maximum atomic E-state index is 14.4. The molecule has 6 nitrogen and oxygen atoms in total. The molecule has 1 fully saturated rings. The predicted octanol–water partition coefficient (Wildman–Crippen LogP) is 3.15. The standard InChI is InChI=1S/C15H18ClFN4O2S2/c16-11-6-14(25(22,23)21-15-19-4-5-24-15)12(17)7-13(11)20-9-10-2-1-3-18-8-10/h4-7,10,18,20H,1-3,8-9H2,(H,19,21)/t10-/m1/s1. The van der Waals surface area contributed by atoms with Crippen LogP contribution in [0.3, 0.4) is 0 Å². The van der Waals surface area contributed by atoms with E-state index in [1.165, 1.54) is 6.20 Å². The third-order valence-corrected chi connectivity index (χ3v) is 6.43. The van der Waals surface area contributed by atoms with Crippen LogP contribution in [0.15, 0.2) is 28.6 Å². The molecule has 136 valence electrons. The van der Waals surface area contributed by atoms with E-state index in [1.807, 2.05) is 0 Å². The summed E-state index contributed by atoms with van der Waals surface area (Å²) in [6.07, 6.45) is 3.65. The highest BCUT2D eigenvalue weighted by Gasteiger charge is 2.23. The van der Waals surface area contributed by atoms with Gasteiger partial charge in [-0.3, -0.25) is 4.72 Å². The van der Waals surface area contributed by atoms with Gasteiger partial charge in [-0.1, -0.05) is 11.6 Å². The van der Waals surface area contributed by atoms with Crippen molar-refractivity contribution in [3.8, 4) is 0 Å². The van der Waals surface area contributed by atoms with Gasteiger partial charge in [-0.2, -0.15) is 0 Å². The molecule has 0 saturated carbocycles. The Bertz CT molecular complexity index is 824. The van der Waals surface area contributed by atoms with Crippen LogP contribution in [-0.4, -0.2) is 33.0 Å². The second-order valence-corrected chi connectivity index (χ2v) is 8.75. The van der Waals surface area contributed by atoms with Gasteiger partial charge in [0.1, 0.15) is 10.7 Å². The number of piperidine rings is 1. The molecule has 0 unspecified atom stereocenters. The van der Waals surface area contributed by atoms with Crippen LogP contribution in [0.2, 0.25) is 5.02 Å². The third kappa shape index (κ3) is 4.60. The quantitative estimate of drug-likeness (QED) is 0.688. The van der Waals surface area contributed by atoms with Gasteiger partial charge in [0.25, 0.3) is 10.0 Å². The summed E-state index contributed by atoms with van der Waals surface area (Å²) >= 11 is 7.26. The highest BCUT2D eigenvalue weighted by molar-refractivity contribution is 7.93. The molecule has 0 amide bonds. The van der Waals surface area contributed by atoms with E-state index < -0.39 is 20.7 Å². The third-order valence-electron chi connectivity index (χ3n) is 3.95. The Hall–Kier alpha value is -1.42. The molecule has 0 bridgehead atoms. The van der Waals surface area contributed by atoms with Gasteiger partial charge in [-0.05, 0) is 44.0 Å². The van der Waals surface area contributed by atoms with E-state index in [-0.39, 0.29) is 10.2 Å². The molecule has 3 N–H and O–H groups in total. The zero-order valence-corrected chi connectivity index (χ0v) is 15.6.